The monoisotopic (exact) mass is 142 g/mol. The van der Waals surface area contributed by atoms with E-state index in [1.54, 1.807) is 6.08 Å². The summed E-state index contributed by atoms with van der Waals surface area (Å²) in [6.45, 7) is 10.6. The molecule has 0 spiro atoms. The molecule has 0 atom stereocenters. The van der Waals surface area contributed by atoms with Crippen molar-refractivity contribution in [3.63, 3.8) is 0 Å². The highest BCUT2D eigenvalue weighted by molar-refractivity contribution is 6.69. The van der Waals surface area contributed by atoms with Crippen LogP contribution < -0.4 is 0 Å². The Kier molecular flexibility index (Phi) is 3.55. The van der Waals surface area contributed by atoms with Gasteiger partial charge in [0.25, 0.3) is 0 Å². The number of rotatable bonds is 3. The molecule has 0 rings (SSSR count). The smallest absolute Gasteiger partial charge is 0.184 e. The minimum atomic E-state index is -1.29. The summed E-state index contributed by atoms with van der Waals surface area (Å²) in [5.74, 6) is 0. The Bertz CT molecular complexity index is 117. The molecular weight excluding hydrogens is 128 g/mol. The van der Waals surface area contributed by atoms with Crippen LogP contribution in [0.2, 0.25) is 19.6 Å². The van der Waals surface area contributed by atoms with Crippen molar-refractivity contribution in [2.45, 2.75) is 19.6 Å². The molecule has 1 nitrogen and oxygen atoms in total. The lowest BCUT2D eigenvalue weighted by Gasteiger charge is -2.14. The fraction of sp³-hybridized carbons (Fsp3) is 0.571. The molecule has 0 fully saturated rings. The summed E-state index contributed by atoms with van der Waals surface area (Å²) in [6, 6.07) is 0. The van der Waals surface area contributed by atoms with Gasteiger partial charge in [-0.2, -0.15) is 0 Å². The van der Waals surface area contributed by atoms with Gasteiger partial charge >= 0.3 is 0 Å². The predicted octanol–water partition coefficient (Wildman–Crippen LogP) is 2.18. The molecule has 0 aliphatic heterocycles. The fourth-order valence-electron chi connectivity index (χ4n) is 0.351. The standard InChI is InChI=1S/C7H14OSi/c1-5-6-7-8-9(2,3)4/h6H,1,7H2,2-4H3. The quantitative estimate of drug-likeness (QED) is 0.433. The molecule has 0 aliphatic rings. The molecule has 0 N–H and O–H groups in total. The van der Waals surface area contributed by atoms with E-state index in [4.69, 9.17) is 4.43 Å². The molecule has 0 aliphatic carbocycles. The van der Waals surface area contributed by atoms with Gasteiger partial charge < -0.3 is 4.43 Å². The molecular formula is C7H14OSi. The molecule has 0 heterocycles. The van der Waals surface area contributed by atoms with Crippen LogP contribution in [0.1, 0.15) is 0 Å². The summed E-state index contributed by atoms with van der Waals surface area (Å²) >= 11 is 0. The summed E-state index contributed by atoms with van der Waals surface area (Å²) in [4.78, 5) is 0. The third-order valence-electron chi connectivity index (χ3n) is 0.744. The Morgan fingerprint density at radius 3 is 2.44 bits per heavy atom. The van der Waals surface area contributed by atoms with Gasteiger partial charge in [0, 0.05) is 0 Å². The van der Waals surface area contributed by atoms with Gasteiger partial charge in [-0.3, -0.25) is 0 Å². The second-order valence-corrected chi connectivity index (χ2v) is 7.35. The van der Waals surface area contributed by atoms with Crippen LogP contribution >= 0.6 is 0 Å². The van der Waals surface area contributed by atoms with E-state index in [-0.39, 0.29) is 0 Å². The van der Waals surface area contributed by atoms with Crippen molar-refractivity contribution in [3.05, 3.63) is 18.4 Å². The van der Waals surface area contributed by atoms with Crippen molar-refractivity contribution in [3.8, 4) is 0 Å². The van der Waals surface area contributed by atoms with Crippen LogP contribution in [0.4, 0.5) is 0 Å². The zero-order valence-corrected chi connectivity index (χ0v) is 7.40. The van der Waals surface area contributed by atoms with E-state index in [1.165, 1.54) is 0 Å². The predicted molar refractivity (Wildman–Crippen MR) is 43.0 cm³/mol. The molecule has 2 heteroatoms. The highest BCUT2D eigenvalue weighted by Gasteiger charge is 2.11. The minimum absolute atomic E-state index is 0.666. The van der Waals surface area contributed by atoms with Crippen LogP contribution in [-0.2, 0) is 4.43 Å². The average molecular weight is 142 g/mol. The molecule has 0 unspecified atom stereocenters. The first-order valence-electron chi connectivity index (χ1n) is 3.04. The lowest BCUT2D eigenvalue weighted by Crippen LogP contribution is -2.25. The van der Waals surface area contributed by atoms with Crippen molar-refractivity contribution in [2.75, 3.05) is 6.61 Å². The maximum Gasteiger partial charge on any atom is 0.184 e. The molecule has 0 saturated heterocycles. The van der Waals surface area contributed by atoms with Gasteiger partial charge in [-0.05, 0) is 25.7 Å². The lowest BCUT2D eigenvalue weighted by atomic mass is 10.7. The van der Waals surface area contributed by atoms with Crippen molar-refractivity contribution in [1.82, 2.24) is 0 Å². The zero-order chi connectivity index (χ0) is 7.33. The first-order valence-corrected chi connectivity index (χ1v) is 6.45. The Morgan fingerprint density at radius 2 is 2.11 bits per heavy atom. The summed E-state index contributed by atoms with van der Waals surface area (Å²) in [5, 5.41) is 0. The first kappa shape index (κ1) is 8.70. The second kappa shape index (κ2) is 3.67. The lowest BCUT2D eigenvalue weighted by molar-refractivity contribution is 0.358. The van der Waals surface area contributed by atoms with Crippen LogP contribution in [0.25, 0.3) is 0 Å². The molecule has 9 heavy (non-hydrogen) atoms. The van der Waals surface area contributed by atoms with E-state index in [0.29, 0.717) is 6.61 Å². The van der Waals surface area contributed by atoms with E-state index < -0.39 is 8.32 Å². The third kappa shape index (κ3) is 7.70. The first-order chi connectivity index (χ1) is 4.06. The molecule has 0 amide bonds. The Morgan fingerprint density at radius 1 is 1.56 bits per heavy atom. The van der Waals surface area contributed by atoms with E-state index in [1.807, 2.05) is 0 Å². The van der Waals surface area contributed by atoms with Crippen LogP contribution in [-0.4, -0.2) is 14.9 Å². The number of hydrogen-bond acceptors (Lipinski definition) is 1. The fourth-order valence-corrected chi connectivity index (χ4v) is 0.934. The maximum atomic E-state index is 5.45. The second-order valence-electron chi connectivity index (χ2n) is 2.83. The number of hydrogen-bond donors (Lipinski definition) is 0. The van der Waals surface area contributed by atoms with E-state index in [9.17, 15) is 0 Å². The Labute approximate surface area is 58.2 Å². The van der Waals surface area contributed by atoms with Gasteiger partial charge in [-0.25, -0.2) is 0 Å². The highest BCUT2D eigenvalue weighted by atomic mass is 28.4. The Hall–Kier alpha value is -0.303. The van der Waals surface area contributed by atoms with Gasteiger partial charge in [-0.1, -0.05) is 6.58 Å². The van der Waals surface area contributed by atoms with Gasteiger partial charge in [-0.15, -0.1) is 5.73 Å². The molecule has 0 radical (unpaired) electrons. The molecule has 0 aromatic carbocycles. The van der Waals surface area contributed by atoms with Crippen molar-refractivity contribution < 1.29 is 4.43 Å². The Balaban J connectivity index is 3.39. The summed E-state index contributed by atoms with van der Waals surface area (Å²) < 4.78 is 5.45. The van der Waals surface area contributed by atoms with Gasteiger partial charge in [0.1, 0.15) is 0 Å². The van der Waals surface area contributed by atoms with Crippen LogP contribution in [0, 0.1) is 0 Å². The van der Waals surface area contributed by atoms with Crippen LogP contribution in [0.3, 0.4) is 0 Å². The minimum Gasteiger partial charge on any atom is -0.413 e. The highest BCUT2D eigenvalue weighted by Crippen LogP contribution is 2.00. The van der Waals surface area contributed by atoms with Crippen molar-refractivity contribution >= 4 is 8.32 Å². The van der Waals surface area contributed by atoms with Crippen LogP contribution in [0.15, 0.2) is 18.4 Å². The third-order valence-corrected chi connectivity index (χ3v) is 1.78. The van der Waals surface area contributed by atoms with Gasteiger partial charge in [0.15, 0.2) is 8.32 Å². The van der Waals surface area contributed by atoms with Crippen molar-refractivity contribution in [2.24, 2.45) is 0 Å². The summed E-state index contributed by atoms with van der Waals surface area (Å²) in [5.41, 5.74) is 2.66. The molecule has 0 aromatic heterocycles. The van der Waals surface area contributed by atoms with Crippen LogP contribution in [0.5, 0.6) is 0 Å². The topological polar surface area (TPSA) is 9.23 Å². The normalized spacial score (nSPS) is 10.6. The van der Waals surface area contributed by atoms with E-state index in [0.717, 1.165) is 0 Å². The molecule has 0 bridgehead atoms. The molecule has 0 aromatic rings. The van der Waals surface area contributed by atoms with Gasteiger partial charge in [0.2, 0.25) is 0 Å². The summed E-state index contributed by atoms with van der Waals surface area (Å²) in [7, 11) is -1.29. The van der Waals surface area contributed by atoms with Crippen molar-refractivity contribution in [1.29, 1.82) is 0 Å². The SMILES string of the molecule is C=C=CCO[Si](C)(C)C. The average Bonchev–Trinajstić information content (AvgIpc) is 1.63. The van der Waals surface area contributed by atoms with Gasteiger partial charge in [0.05, 0.1) is 6.61 Å². The largest absolute Gasteiger partial charge is 0.413 e. The molecule has 0 saturated carbocycles. The summed E-state index contributed by atoms with van der Waals surface area (Å²) in [6.07, 6.45) is 1.80. The van der Waals surface area contributed by atoms with E-state index in [2.05, 4.69) is 32.0 Å². The maximum absolute atomic E-state index is 5.45. The van der Waals surface area contributed by atoms with E-state index >= 15 is 0 Å². The molecule has 52 valence electrons. The zero-order valence-electron chi connectivity index (χ0n) is 6.40.